The van der Waals surface area contributed by atoms with E-state index in [1.165, 1.54) is 36.0 Å². The Kier molecular flexibility index (Phi) is 2.53. The Morgan fingerprint density at radius 1 is 1.24 bits per heavy atom. The predicted octanol–water partition coefficient (Wildman–Crippen LogP) is 3.50. The summed E-state index contributed by atoms with van der Waals surface area (Å²) in [4.78, 5) is 2.64. The fourth-order valence-corrected chi connectivity index (χ4v) is 5.13. The zero-order chi connectivity index (χ0) is 14.1. The zero-order valence-corrected chi connectivity index (χ0v) is 12.7. The summed E-state index contributed by atoms with van der Waals surface area (Å²) >= 11 is 6.22. The lowest BCUT2D eigenvalue weighted by Crippen LogP contribution is -2.47. The molecule has 4 heterocycles. The van der Waals surface area contributed by atoms with Crippen molar-refractivity contribution in [3.8, 4) is 0 Å². The first-order valence-electron chi connectivity index (χ1n) is 7.98. The van der Waals surface area contributed by atoms with Crippen molar-refractivity contribution in [2.75, 3.05) is 13.1 Å². The Morgan fingerprint density at radius 2 is 2.14 bits per heavy atom. The molecule has 1 fully saturated rings. The Morgan fingerprint density at radius 3 is 3.05 bits per heavy atom. The second-order valence-electron chi connectivity index (χ2n) is 6.74. The van der Waals surface area contributed by atoms with E-state index in [1.54, 1.807) is 0 Å². The SMILES string of the molecule is OC1C[C@H]2CCCN3CCc4c(n1c1ccc(Cl)cc41)[C@@H]23. The van der Waals surface area contributed by atoms with Crippen LogP contribution in [0.4, 0.5) is 0 Å². The van der Waals surface area contributed by atoms with Crippen molar-refractivity contribution in [3.63, 3.8) is 0 Å². The summed E-state index contributed by atoms with van der Waals surface area (Å²) in [7, 11) is 0. The smallest absolute Gasteiger partial charge is 0.131 e. The van der Waals surface area contributed by atoms with E-state index in [0.29, 0.717) is 12.0 Å². The number of piperidine rings is 1. The van der Waals surface area contributed by atoms with Gasteiger partial charge in [0.2, 0.25) is 0 Å². The molecule has 0 radical (unpaired) electrons. The number of aliphatic hydroxyl groups excluding tert-OH is 1. The highest BCUT2D eigenvalue weighted by Gasteiger charge is 2.44. The average Bonchev–Trinajstić information content (AvgIpc) is 2.81. The second-order valence-corrected chi connectivity index (χ2v) is 7.18. The van der Waals surface area contributed by atoms with Crippen molar-refractivity contribution < 1.29 is 5.11 Å². The molecule has 1 N–H and O–H groups in total. The van der Waals surface area contributed by atoms with Crippen molar-refractivity contribution >= 4 is 22.5 Å². The van der Waals surface area contributed by atoms with Gasteiger partial charge in [-0.1, -0.05) is 11.6 Å². The number of aliphatic hydroxyl groups is 1. The van der Waals surface area contributed by atoms with Crippen molar-refractivity contribution in [1.29, 1.82) is 0 Å². The van der Waals surface area contributed by atoms with E-state index in [9.17, 15) is 5.11 Å². The van der Waals surface area contributed by atoms with Crippen LogP contribution < -0.4 is 0 Å². The summed E-state index contributed by atoms with van der Waals surface area (Å²) in [5.74, 6) is 0.611. The number of halogens is 1. The third-order valence-corrected chi connectivity index (χ3v) is 5.95. The van der Waals surface area contributed by atoms with Crippen molar-refractivity contribution in [2.24, 2.45) is 5.92 Å². The molecule has 1 aromatic carbocycles. The predicted molar refractivity (Wildman–Crippen MR) is 83.6 cm³/mol. The van der Waals surface area contributed by atoms with Gasteiger partial charge in [0.05, 0.1) is 11.6 Å². The van der Waals surface area contributed by atoms with E-state index >= 15 is 0 Å². The molecule has 4 heteroatoms. The van der Waals surface area contributed by atoms with Crippen molar-refractivity contribution in [1.82, 2.24) is 9.47 Å². The van der Waals surface area contributed by atoms with E-state index in [-0.39, 0.29) is 6.23 Å². The van der Waals surface area contributed by atoms with E-state index in [1.807, 2.05) is 6.07 Å². The topological polar surface area (TPSA) is 28.4 Å². The maximum atomic E-state index is 10.7. The quantitative estimate of drug-likeness (QED) is 0.807. The summed E-state index contributed by atoms with van der Waals surface area (Å²) in [6.45, 7) is 2.36. The summed E-state index contributed by atoms with van der Waals surface area (Å²) < 4.78 is 2.19. The summed E-state index contributed by atoms with van der Waals surface area (Å²) in [5.41, 5.74) is 3.96. The Balaban J connectivity index is 1.85. The van der Waals surface area contributed by atoms with Crippen LogP contribution in [0.15, 0.2) is 18.2 Å². The summed E-state index contributed by atoms with van der Waals surface area (Å²) in [5, 5.41) is 12.7. The van der Waals surface area contributed by atoms with Gasteiger partial charge in [0.15, 0.2) is 0 Å². The lowest BCUT2D eigenvalue weighted by atomic mass is 9.78. The minimum atomic E-state index is -0.378. The van der Waals surface area contributed by atoms with Gasteiger partial charge in [0.25, 0.3) is 0 Å². The van der Waals surface area contributed by atoms with Crippen LogP contribution >= 0.6 is 11.6 Å². The zero-order valence-electron chi connectivity index (χ0n) is 11.9. The molecule has 3 aliphatic heterocycles. The minimum Gasteiger partial charge on any atom is -0.373 e. The molecule has 3 aliphatic rings. The normalized spacial score (nSPS) is 31.4. The van der Waals surface area contributed by atoms with Gasteiger partial charge in [-0.05, 0) is 61.9 Å². The molecule has 110 valence electrons. The molecule has 3 atom stereocenters. The van der Waals surface area contributed by atoms with Gasteiger partial charge in [0, 0.05) is 22.6 Å². The maximum Gasteiger partial charge on any atom is 0.131 e. The molecule has 0 amide bonds. The molecule has 1 unspecified atom stereocenters. The first-order valence-corrected chi connectivity index (χ1v) is 8.36. The number of rotatable bonds is 0. The maximum absolute atomic E-state index is 10.7. The van der Waals surface area contributed by atoms with Gasteiger partial charge in [0.1, 0.15) is 6.23 Å². The third-order valence-electron chi connectivity index (χ3n) is 5.71. The van der Waals surface area contributed by atoms with E-state index < -0.39 is 0 Å². The summed E-state index contributed by atoms with van der Waals surface area (Å²) in [6.07, 6.45) is 4.11. The molecule has 1 saturated heterocycles. The molecular formula is C17H19ClN2O. The van der Waals surface area contributed by atoms with Crippen molar-refractivity contribution in [3.05, 3.63) is 34.5 Å². The third kappa shape index (κ3) is 1.57. The Bertz CT molecular complexity index is 738. The number of hydrogen-bond acceptors (Lipinski definition) is 2. The van der Waals surface area contributed by atoms with Crippen LogP contribution in [0.25, 0.3) is 10.9 Å². The van der Waals surface area contributed by atoms with E-state index in [4.69, 9.17) is 11.6 Å². The number of benzene rings is 1. The van der Waals surface area contributed by atoms with E-state index in [0.717, 1.165) is 29.9 Å². The molecule has 1 aromatic heterocycles. The molecular weight excluding hydrogens is 284 g/mol. The van der Waals surface area contributed by atoms with Crippen LogP contribution in [0, 0.1) is 5.92 Å². The van der Waals surface area contributed by atoms with Gasteiger partial charge < -0.3 is 9.67 Å². The van der Waals surface area contributed by atoms with Crippen LogP contribution in [-0.2, 0) is 6.42 Å². The van der Waals surface area contributed by atoms with Gasteiger partial charge in [-0.15, -0.1) is 0 Å². The number of nitrogens with zero attached hydrogens (tertiary/aromatic N) is 2. The number of aromatic nitrogens is 1. The Hall–Kier alpha value is -1.03. The number of hydrogen-bond donors (Lipinski definition) is 1. The molecule has 0 aliphatic carbocycles. The molecule has 0 spiro atoms. The Labute approximate surface area is 129 Å². The minimum absolute atomic E-state index is 0.378. The van der Waals surface area contributed by atoms with Gasteiger partial charge in [-0.25, -0.2) is 0 Å². The first kappa shape index (κ1) is 12.5. The largest absolute Gasteiger partial charge is 0.373 e. The van der Waals surface area contributed by atoms with Crippen LogP contribution in [-0.4, -0.2) is 27.7 Å². The number of fused-ring (bicyclic) bond motifs is 3. The standard InChI is InChI=1S/C17H19ClN2O/c18-11-3-4-14-13(9-11)12-5-7-19-6-1-2-10-8-15(21)20(14)17(12)16(10)19/h3-4,9-10,15-16,21H,1-2,5-8H2/t10-,15?,16-/m1/s1. The highest BCUT2D eigenvalue weighted by molar-refractivity contribution is 6.31. The highest BCUT2D eigenvalue weighted by Crippen LogP contribution is 2.51. The van der Waals surface area contributed by atoms with E-state index in [2.05, 4.69) is 21.6 Å². The fourth-order valence-electron chi connectivity index (χ4n) is 4.96. The van der Waals surface area contributed by atoms with Crippen LogP contribution in [0.5, 0.6) is 0 Å². The second kappa shape index (κ2) is 4.25. The lowest BCUT2D eigenvalue weighted by molar-refractivity contribution is -0.0148. The molecule has 21 heavy (non-hydrogen) atoms. The monoisotopic (exact) mass is 302 g/mol. The molecule has 3 nitrogen and oxygen atoms in total. The van der Waals surface area contributed by atoms with Gasteiger partial charge in [-0.3, -0.25) is 4.90 Å². The highest BCUT2D eigenvalue weighted by atomic mass is 35.5. The van der Waals surface area contributed by atoms with Crippen molar-refractivity contribution in [2.45, 2.75) is 38.0 Å². The van der Waals surface area contributed by atoms with Gasteiger partial charge >= 0.3 is 0 Å². The fraction of sp³-hybridized carbons (Fsp3) is 0.529. The van der Waals surface area contributed by atoms with Crippen LogP contribution in [0.1, 0.15) is 42.8 Å². The lowest BCUT2D eigenvalue weighted by Gasteiger charge is -2.48. The molecule has 0 bridgehead atoms. The summed E-state index contributed by atoms with van der Waals surface area (Å²) in [6, 6.07) is 6.61. The first-order chi connectivity index (χ1) is 10.2. The average molecular weight is 303 g/mol. The molecule has 2 aromatic rings. The molecule has 0 saturated carbocycles. The molecule has 5 rings (SSSR count). The van der Waals surface area contributed by atoms with Gasteiger partial charge in [-0.2, -0.15) is 0 Å². The van der Waals surface area contributed by atoms with Crippen LogP contribution in [0.2, 0.25) is 5.02 Å². The van der Waals surface area contributed by atoms with Crippen LogP contribution in [0.3, 0.4) is 0 Å².